The molecule has 1 aromatic carbocycles. The molecule has 0 aliphatic rings. The highest BCUT2D eigenvalue weighted by atomic mass is 35.5. The van der Waals surface area contributed by atoms with Gasteiger partial charge in [0.15, 0.2) is 0 Å². The number of nitrogens with two attached hydrogens (primary N) is 1. The molecule has 2 heterocycles. The molecule has 0 spiro atoms. The van der Waals surface area contributed by atoms with E-state index in [1.165, 1.54) is 16.5 Å². The average molecular weight is 312 g/mol. The number of rotatable bonds is 4. The molecule has 0 saturated heterocycles. The van der Waals surface area contributed by atoms with Crippen molar-refractivity contribution in [1.82, 2.24) is 10.2 Å². The molecule has 0 atom stereocenters. The molecular weight excluding hydrogens is 302 g/mol. The molecular formula is C12H10ClN3OS2. The van der Waals surface area contributed by atoms with Crippen LogP contribution in [0.5, 0.6) is 0 Å². The fraction of sp³-hybridized carbons (Fsp3) is 0.167. The van der Waals surface area contributed by atoms with Crippen LogP contribution < -0.4 is 5.73 Å². The predicted octanol–water partition coefficient (Wildman–Crippen LogP) is 3.69. The number of hydrogen-bond acceptors (Lipinski definition) is 6. The van der Waals surface area contributed by atoms with E-state index >= 15 is 0 Å². The standard InChI is InChI=1S/C12H10ClN3OS2/c13-11-7-3-1-2-4-8(7)19-9(11)6-18-12-16-15-10(5-14)17-12/h1-4H,5-6,14H2. The van der Waals surface area contributed by atoms with E-state index < -0.39 is 0 Å². The van der Waals surface area contributed by atoms with E-state index in [4.69, 9.17) is 21.8 Å². The molecule has 7 heteroatoms. The van der Waals surface area contributed by atoms with Crippen LogP contribution in [-0.4, -0.2) is 10.2 Å². The number of hydrogen-bond donors (Lipinski definition) is 1. The summed E-state index contributed by atoms with van der Waals surface area (Å²) in [4.78, 5) is 1.11. The van der Waals surface area contributed by atoms with Crippen LogP contribution in [0.3, 0.4) is 0 Å². The Kier molecular flexibility index (Phi) is 3.74. The van der Waals surface area contributed by atoms with Crippen molar-refractivity contribution in [2.45, 2.75) is 17.5 Å². The van der Waals surface area contributed by atoms with E-state index in [2.05, 4.69) is 16.3 Å². The smallest absolute Gasteiger partial charge is 0.276 e. The van der Waals surface area contributed by atoms with Crippen molar-refractivity contribution in [1.29, 1.82) is 0 Å². The van der Waals surface area contributed by atoms with E-state index in [9.17, 15) is 0 Å². The zero-order valence-electron chi connectivity index (χ0n) is 9.80. The van der Waals surface area contributed by atoms with Crippen molar-refractivity contribution in [2.24, 2.45) is 5.73 Å². The van der Waals surface area contributed by atoms with Crippen molar-refractivity contribution < 1.29 is 4.42 Å². The van der Waals surface area contributed by atoms with Crippen molar-refractivity contribution in [3.05, 3.63) is 40.1 Å². The Hall–Kier alpha value is -1.08. The Bertz CT molecular complexity index is 710. The molecule has 19 heavy (non-hydrogen) atoms. The molecule has 0 aliphatic heterocycles. The van der Waals surface area contributed by atoms with Crippen LogP contribution in [0, 0.1) is 0 Å². The van der Waals surface area contributed by atoms with Gasteiger partial charge in [-0.25, -0.2) is 0 Å². The van der Waals surface area contributed by atoms with Gasteiger partial charge < -0.3 is 10.2 Å². The van der Waals surface area contributed by atoms with Gasteiger partial charge in [0.25, 0.3) is 5.22 Å². The van der Waals surface area contributed by atoms with E-state index in [-0.39, 0.29) is 6.54 Å². The molecule has 0 fully saturated rings. The van der Waals surface area contributed by atoms with E-state index in [1.54, 1.807) is 11.3 Å². The molecule has 0 saturated carbocycles. The monoisotopic (exact) mass is 311 g/mol. The minimum Gasteiger partial charge on any atom is -0.415 e. The number of nitrogens with zero attached hydrogens (tertiary/aromatic N) is 2. The molecule has 3 rings (SSSR count). The topological polar surface area (TPSA) is 64.9 Å². The maximum absolute atomic E-state index is 6.37. The minimum absolute atomic E-state index is 0.261. The number of benzene rings is 1. The first kappa shape index (κ1) is 12.9. The summed E-state index contributed by atoms with van der Waals surface area (Å²) in [5, 5.41) is 10.2. The average Bonchev–Trinajstić information content (AvgIpc) is 3.02. The van der Waals surface area contributed by atoms with Crippen LogP contribution in [0.1, 0.15) is 10.8 Å². The van der Waals surface area contributed by atoms with Crippen LogP contribution in [0.4, 0.5) is 0 Å². The molecule has 2 N–H and O–H groups in total. The van der Waals surface area contributed by atoms with Gasteiger partial charge in [-0.2, -0.15) is 0 Å². The Balaban J connectivity index is 1.79. The van der Waals surface area contributed by atoms with Crippen LogP contribution in [0.25, 0.3) is 10.1 Å². The summed E-state index contributed by atoms with van der Waals surface area (Å²) in [6, 6.07) is 8.10. The molecule has 0 unspecified atom stereocenters. The molecule has 0 bridgehead atoms. The molecule has 4 nitrogen and oxygen atoms in total. The van der Waals surface area contributed by atoms with Gasteiger partial charge in [0, 0.05) is 20.7 Å². The Morgan fingerprint density at radius 2 is 2.16 bits per heavy atom. The molecule has 0 radical (unpaired) electrons. The number of aromatic nitrogens is 2. The van der Waals surface area contributed by atoms with Gasteiger partial charge in [0.1, 0.15) is 0 Å². The van der Waals surface area contributed by atoms with Gasteiger partial charge >= 0.3 is 0 Å². The third kappa shape index (κ3) is 2.62. The summed E-state index contributed by atoms with van der Waals surface area (Å²) < 4.78 is 6.54. The third-order valence-corrected chi connectivity index (χ3v) is 5.29. The van der Waals surface area contributed by atoms with Gasteiger partial charge in [-0.3, -0.25) is 0 Å². The van der Waals surface area contributed by atoms with Crippen LogP contribution in [0.15, 0.2) is 33.9 Å². The number of thioether (sulfide) groups is 1. The maximum Gasteiger partial charge on any atom is 0.276 e. The van der Waals surface area contributed by atoms with Crippen LogP contribution in [-0.2, 0) is 12.3 Å². The minimum atomic E-state index is 0.261. The van der Waals surface area contributed by atoms with E-state index in [1.807, 2.05) is 18.2 Å². The highest BCUT2D eigenvalue weighted by Gasteiger charge is 2.12. The molecule has 0 amide bonds. The summed E-state index contributed by atoms with van der Waals surface area (Å²) >= 11 is 9.52. The lowest BCUT2D eigenvalue weighted by Gasteiger charge is -1.94. The second kappa shape index (κ2) is 5.50. The largest absolute Gasteiger partial charge is 0.415 e. The first-order chi connectivity index (χ1) is 9.28. The van der Waals surface area contributed by atoms with Crippen molar-refractivity contribution >= 4 is 44.8 Å². The second-order valence-electron chi connectivity index (χ2n) is 3.79. The van der Waals surface area contributed by atoms with E-state index in [0.29, 0.717) is 16.9 Å². The van der Waals surface area contributed by atoms with Crippen molar-refractivity contribution in [3.8, 4) is 0 Å². The SMILES string of the molecule is NCc1nnc(SCc2sc3ccccc3c2Cl)o1. The zero-order chi connectivity index (χ0) is 13.2. The lowest BCUT2D eigenvalue weighted by atomic mass is 10.2. The van der Waals surface area contributed by atoms with Gasteiger partial charge in [-0.05, 0) is 6.07 Å². The maximum atomic E-state index is 6.37. The van der Waals surface area contributed by atoms with Crippen molar-refractivity contribution in [3.63, 3.8) is 0 Å². The summed E-state index contributed by atoms with van der Waals surface area (Å²) in [6.45, 7) is 0.261. The number of thiophene rings is 1. The first-order valence-electron chi connectivity index (χ1n) is 5.59. The molecule has 3 aromatic rings. The van der Waals surface area contributed by atoms with Gasteiger partial charge in [0.05, 0.1) is 11.6 Å². The Morgan fingerprint density at radius 3 is 2.89 bits per heavy atom. The Morgan fingerprint density at radius 1 is 1.32 bits per heavy atom. The number of halogens is 1. The van der Waals surface area contributed by atoms with Gasteiger partial charge in [-0.1, -0.05) is 41.6 Å². The second-order valence-corrected chi connectivity index (χ2v) is 6.23. The van der Waals surface area contributed by atoms with E-state index in [0.717, 1.165) is 15.3 Å². The fourth-order valence-corrected chi connectivity index (χ4v) is 4.10. The summed E-state index contributed by atoms with van der Waals surface area (Å²) in [5.74, 6) is 1.16. The quantitative estimate of drug-likeness (QED) is 0.744. The molecule has 98 valence electrons. The van der Waals surface area contributed by atoms with Crippen molar-refractivity contribution in [2.75, 3.05) is 0 Å². The molecule has 2 aromatic heterocycles. The van der Waals surface area contributed by atoms with Gasteiger partial charge in [0.2, 0.25) is 5.89 Å². The summed E-state index contributed by atoms with van der Waals surface area (Å²) in [6.07, 6.45) is 0. The third-order valence-electron chi connectivity index (χ3n) is 2.55. The zero-order valence-corrected chi connectivity index (χ0v) is 12.2. The first-order valence-corrected chi connectivity index (χ1v) is 7.77. The van der Waals surface area contributed by atoms with Crippen LogP contribution >= 0.6 is 34.7 Å². The summed E-state index contributed by atoms with van der Waals surface area (Å²) in [7, 11) is 0. The highest BCUT2D eigenvalue weighted by molar-refractivity contribution is 7.98. The lowest BCUT2D eigenvalue weighted by Crippen LogP contribution is -1.95. The summed E-state index contributed by atoms with van der Waals surface area (Å²) in [5.41, 5.74) is 5.42. The fourth-order valence-electron chi connectivity index (χ4n) is 1.66. The predicted molar refractivity (Wildman–Crippen MR) is 78.6 cm³/mol. The highest BCUT2D eigenvalue weighted by Crippen LogP contribution is 2.38. The molecule has 0 aliphatic carbocycles. The lowest BCUT2D eigenvalue weighted by molar-refractivity contribution is 0.415. The normalized spacial score (nSPS) is 11.3. The van der Waals surface area contributed by atoms with Gasteiger partial charge in [-0.15, -0.1) is 21.5 Å². The Labute approximate surface area is 123 Å². The van der Waals surface area contributed by atoms with Crippen LogP contribution in [0.2, 0.25) is 5.02 Å². The number of fused-ring (bicyclic) bond motifs is 1.